The molecule has 0 atom stereocenters. The Kier molecular flexibility index (Phi) is 5.58. The molecule has 0 bridgehead atoms. The molecule has 5 nitrogen and oxygen atoms in total. The fourth-order valence-electron chi connectivity index (χ4n) is 4.91. The number of rotatable bonds is 4. The molecule has 0 amide bonds. The molecule has 0 spiro atoms. The Hall–Kier alpha value is -2.40. The molecule has 0 saturated carbocycles. The molecule has 1 aliphatic heterocycles. The van der Waals surface area contributed by atoms with E-state index in [1.165, 1.54) is 42.4 Å². The summed E-state index contributed by atoms with van der Waals surface area (Å²) in [5.74, 6) is 0.979. The van der Waals surface area contributed by atoms with Crippen LogP contribution in [0.4, 0.5) is 0 Å². The third-order valence-corrected chi connectivity index (χ3v) is 6.66. The highest BCUT2D eigenvalue weighted by atomic mass is 16.1. The van der Waals surface area contributed by atoms with Crippen LogP contribution in [0.2, 0.25) is 0 Å². The Morgan fingerprint density at radius 1 is 1.13 bits per heavy atom. The SMILES string of the molecule is Cc1nc(-c2[nH]c3ccc(C4CCN(C(C)C)CC4)cc3c2C(C)C)cn(C)c1=O. The highest BCUT2D eigenvalue weighted by Gasteiger charge is 2.24. The lowest BCUT2D eigenvalue weighted by atomic mass is 9.87. The van der Waals surface area contributed by atoms with E-state index >= 15 is 0 Å². The van der Waals surface area contributed by atoms with E-state index in [0.717, 1.165) is 16.9 Å². The fourth-order valence-corrected chi connectivity index (χ4v) is 4.91. The molecule has 3 heterocycles. The number of piperidine rings is 1. The number of hydrogen-bond donors (Lipinski definition) is 1. The van der Waals surface area contributed by atoms with Crippen molar-refractivity contribution >= 4 is 10.9 Å². The van der Waals surface area contributed by atoms with E-state index in [4.69, 9.17) is 0 Å². The van der Waals surface area contributed by atoms with Crippen LogP contribution in [0.15, 0.2) is 29.2 Å². The summed E-state index contributed by atoms with van der Waals surface area (Å²) in [4.78, 5) is 22.9. The van der Waals surface area contributed by atoms with Crippen molar-refractivity contribution in [3.8, 4) is 11.4 Å². The standard InChI is InChI=1S/C25H34N4O/c1-15(2)23-20-13-19(18-9-11-29(12-10-18)16(3)4)7-8-21(20)27-24(23)22-14-28(6)25(30)17(5)26-22/h7-8,13-16,18,27H,9-12H2,1-6H3. The normalized spacial score (nSPS) is 16.3. The highest BCUT2D eigenvalue weighted by molar-refractivity contribution is 5.91. The summed E-state index contributed by atoms with van der Waals surface area (Å²) < 4.78 is 1.63. The summed E-state index contributed by atoms with van der Waals surface area (Å²) in [6, 6.07) is 7.55. The summed E-state index contributed by atoms with van der Waals surface area (Å²) in [6.45, 7) is 13.2. The average Bonchev–Trinajstić information content (AvgIpc) is 3.10. The van der Waals surface area contributed by atoms with Crippen LogP contribution in [0, 0.1) is 6.92 Å². The van der Waals surface area contributed by atoms with Gasteiger partial charge in [0, 0.05) is 30.2 Å². The largest absolute Gasteiger partial charge is 0.353 e. The summed E-state index contributed by atoms with van der Waals surface area (Å²) in [5, 5.41) is 1.29. The molecular formula is C25H34N4O. The lowest BCUT2D eigenvalue weighted by Crippen LogP contribution is -2.37. The molecular weight excluding hydrogens is 372 g/mol. The van der Waals surface area contributed by atoms with Gasteiger partial charge >= 0.3 is 0 Å². The maximum absolute atomic E-state index is 12.1. The molecule has 2 aromatic heterocycles. The molecule has 1 saturated heterocycles. The van der Waals surface area contributed by atoms with Crippen molar-refractivity contribution in [1.29, 1.82) is 0 Å². The first-order chi connectivity index (χ1) is 14.3. The van der Waals surface area contributed by atoms with E-state index in [-0.39, 0.29) is 5.56 Å². The van der Waals surface area contributed by atoms with Crippen LogP contribution >= 0.6 is 0 Å². The first-order valence-corrected chi connectivity index (χ1v) is 11.2. The minimum atomic E-state index is -0.0454. The number of H-pyrrole nitrogens is 1. The van der Waals surface area contributed by atoms with E-state index in [9.17, 15) is 4.79 Å². The van der Waals surface area contributed by atoms with Gasteiger partial charge in [-0.2, -0.15) is 0 Å². The predicted molar refractivity (Wildman–Crippen MR) is 124 cm³/mol. The minimum absolute atomic E-state index is 0.0454. The zero-order valence-electron chi connectivity index (χ0n) is 19.1. The van der Waals surface area contributed by atoms with Gasteiger partial charge in [0.2, 0.25) is 0 Å². The van der Waals surface area contributed by atoms with Crippen LogP contribution in [-0.4, -0.2) is 38.6 Å². The Labute approximate surface area is 179 Å². The quantitative estimate of drug-likeness (QED) is 0.667. The van der Waals surface area contributed by atoms with Crippen molar-refractivity contribution in [3.05, 3.63) is 51.6 Å². The van der Waals surface area contributed by atoms with Crippen LogP contribution < -0.4 is 5.56 Å². The van der Waals surface area contributed by atoms with Gasteiger partial charge in [0.25, 0.3) is 5.56 Å². The Morgan fingerprint density at radius 3 is 2.43 bits per heavy atom. The number of aromatic amines is 1. The monoisotopic (exact) mass is 406 g/mol. The van der Waals surface area contributed by atoms with Crippen LogP contribution in [0.3, 0.4) is 0 Å². The molecule has 1 fully saturated rings. The maximum Gasteiger partial charge on any atom is 0.271 e. The van der Waals surface area contributed by atoms with Gasteiger partial charge in [0.05, 0.1) is 5.69 Å². The van der Waals surface area contributed by atoms with Gasteiger partial charge in [-0.1, -0.05) is 19.9 Å². The lowest BCUT2D eigenvalue weighted by molar-refractivity contribution is 0.172. The van der Waals surface area contributed by atoms with Gasteiger partial charge < -0.3 is 14.5 Å². The number of hydrogen-bond acceptors (Lipinski definition) is 3. The van der Waals surface area contributed by atoms with Crippen LogP contribution in [0.5, 0.6) is 0 Å². The molecule has 1 N–H and O–H groups in total. The van der Waals surface area contributed by atoms with Gasteiger partial charge in [-0.25, -0.2) is 4.98 Å². The number of nitrogens with one attached hydrogen (secondary N) is 1. The topological polar surface area (TPSA) is 53.9 Å². The van der Waals surface area contributed by atoms with Gasteiger partial charge in [0.15, 0.2) is 0 Å². The number of nitrogens with zero attached hydrogens (tertiary/aromatic N) is 3. The van der Waals surface area contributed by atoms with Crippen LogP contribution in [0.25, 0.3) is 22.3 Å². The molecule has 1 aliphatic rings. The van der Waals surface area contributed by atoms with E-state index in [0.29, 0.717) is 23.6 Å². The van der Waals surface area contributed by atoms with Gasteiger partial charge in [0.1, 0.15) is 11.4 Å². The maximum atomic E-state index is 12.1. The second kappa shape index (κ2) is 8.03. The summed E-state index contributed by atoms with van der Waals surface area (Å²) in [5.41, 5.74) is 6.23. The number of aryl methyl sites for hydroxylation is 2. The minimum Gasteiger partial charge on any atom is -0.353 e. The number of likely N-dealkylation sites (tertiary alicyclic amines) is 1. The molecule has 30 heavy (non-hydrogen) atoms. The van der Waals surface area contributed by atoms with Crippen molar-refractivity contribution < 1.29 is 0 Å². The van der Waals surface area contributed by atoms with E-state index in [1.807, 2.05) is 6.20 Å². The van der Waals surface area contributed by atoms with Crippen LogP contribution in [0.1, 0.15) is 69.2 Å². The summed E-state index contributed by atoms with van der Waals surface area (Å²) in [6.07, 6.45) is 4.29. The van der Waals surface area contributed by atoms with E-state index < -0.39 is 0 Å². The van der Waals surface area contributed by atoms with Gasteiger partial charge in [-0.15, -0.1) is 0 Å². The molecule has 0 unspecified atom stereocenters. The first kappa shape index (κ1) is 20.9. The fraction of sp³-hybridized carbons (Fsp3) is 0.520. The highest BCUT2D eigenvalue weighted by Crippen LogP contribution is 2.37. The molecule has 5 heteroatoms. The van der Waals surface area contributed by atoms with Crippen molar-refractivity contribution in [2.45, 2.75) is 65.3 Å². The zero-order chi connectivity index (χ0) is 21.6. The second-order valence-electron chi connectivity index (χ2n) is 9.40. The number of fused-ring (bicyclic) bond motifs is 1. The van der Waals surface area contributed by atoms with E-state index in [2.05, 4.69) is 60.8 Å². The smallest absolute Gasteiger partial charge is 0.271 e. The Bertz CT molecular complexity index is 1090. The lowest BCUT2D eigenvalue weighted by Gasteiger charge is -2.34. The second-order valence-corrected chi connectivity index (χ2v) is 9.40. The van der Waals surface area contributed by atoms with Crippen LogP contribution in [-0.2, 0) is 7.05 Å². The molecule has 1 aromatic carbocycles. The first-order valence-electron chi connectivity index (χ1n) is 11.2. The van der Waals surface area contributed by atoms with E-state index in [1.54, 1.807) is 18.5 Å². The molecule has 160 valence electrons. The van der Waals surface area contributed by atoms with Gasteiger partial charge in [-0.3, -0.25) is 4.79 Å². The Morgan fingerprint density at radius 2 is 1.83 bits per heavy atom. The molecule has 0 aliphatic carbocycles. The molecule has 4 rings (SSSR count). The van der Waals surface area contributed by atoms with Crippen molar-refractivity contribution in [2.75, 3.05) is 13.1 Å². The Balaban J connectivity index is 1.76. The summed E-state index contributed by atoms with van der Waals surface area (Å²) >= 11 is 0. The zero-order valence-corrected chi connectivity index (χ0v) is 19.1. The third-order valence-electron chi connectivity index (χ3n) is 6.66. The molecule has 0 radical (unpaired) electrons. The summed E-state index contributed by atoms with van der Waals surface area (Å²) in [7, 11) is 1.79. The average molecular weight is 407 g/mol. The predicted octanol–water partition coefficient (Wildman–Crippen LogP) is 4.95. The van der Waals surface area contributed by atoms with Crippen molar-refractivity contribution in [2.24, 2.45) is 7.05 Å². The third kappa shape index (κ3) is 3.71. The van der Waals surface area contributed by atoms with Gasteiger partial charge in [-0.05, 0) is 81.8 Å². The van der Waals surface area contributed by atoms with Crippen molar-refractivity contribution in [1.82, 2.24) is 19.4 Å². The van der Waals surface area contributed by atoms with Crippen molar-refractivity contribution in [3.63, 3.8) is 0 Å². The number of aromatic nitrogens is 3. The number of benzene rings is 1. The molecule has 3 aromatic rings.